The van der Waals surface area contributed by atoms with Crippen LogP contribution in [-0.4, -0.2) is 32.4 Å². The molecule has 3 rings (SSSR count). The minimum absolute atomic E-state index is 0.123. The van der Waals surface area contributed by atoms with E-state index in [-0.39, 0.29) is 12.5 Å². The second-order valence-corrected chi connectivity index (χ2v) is 6.02. The summed E-state index contributed by atoms with van der Waals surface area (Å²) >= 11 is 0. The van der Waals surface area contributed by atoms with Gasteiger partial charge in [-0.2, -0.15) is 5.10 Å². The number of nitrogens with one attached hydrogen (secondary N) is 2. The van der Waals surface area contributed by atoms with Crippen LogP contribution in [0.2, 0.25) is 0 Å². The number of benzene rings is 3. The van der Waals surface area contributed by atoms with Gasteiger partial charge in [-0.25, -0.2) is 5.43 Å². The third kappa shape index (κ3) is 4.79. The van der Waals surface area contributed by atoms with Gasteiger partial charge in [0.15, 0.2) is 11.5 Å². The van der Waals surface area contributed by atoms with E-state index in [1.807, 2.05) is 61.5 Å². The molecule has 3 aromatic carbocycles. The van der Waals surface area contributed by atoms with Crippen molar-refractivity contribution in [1.82, 2.24) is 5.43 Å². The maximum absolute atomic E-state index is 12.1. The summed E-state index contributed by atoms with van der Waals surface area (Å²) in [5.41, 5.74) is 4.23. The number of methoxy groups -OCH3 is 1. The number of hydrogen-bond donors (Lipinski definition) is 2. The number of rotatable bonds is 8. The molecule has 0 aromatic heterocycles. The normalized spacial score (nSPS) is 10.8. The smallest absolute Gasteiger partial charge is 0.259 e. The summed E-state index contributed by atoms with van der Waals surface area (Å²) in [5, 5.41) is 9.36. The van der Waals surface area contributed by atoms with Crippen LogP contribution >= 0.6 is 0 Å². The molecule has 0 heterocycles. The highest BCUT2D eigenvalue weighted by atomic mass is 16.5. The Balaban J connectivity index is 1.57. The molecule has 0 aliphatic carbocycles. The lowest BCUT2D eigenvalue weighted by atomic mass is 10.1. The Morgan fingerprint density at radius 3 is 2.71 bits per heavy atom. The Morgan fingerprint density at radius 1 is 1.07 bits per heavy atom. The predicted octanol–water partition coefficient (Wildman–Crippen LogP) is 3.81. The van der Waals surface area contributed by atoms with Crippen LogP contribution in [0.15, 0.2) is 65.8 Å². The molecular formula is C22H23N3O3. The summed E-state index contributed by atoms with van der Waals surface area (Å²) < 4.78 is 10.8. The molecule has 0 saturated heterocycles. The van der Waals surface area contributed by atoms with Crippen molar-refractivity contribution in [3.63, 3.8) is 0 Å². The second-order valence-electron chi connectivity index (χ2n) is 6.02. The first-order chi connectivity index (χ1) is 13.7. The summed E-state index contributed by atoms with van der Waals surface area (Å²) in [5.74, 6) is 1.06. The van der Waals surface area contributed by atoms with Crippen molar-refractivity contribution >= 4 is 28.6 Å². The first-order valence-corrected chi connectivity index (χ1v) is 9.05. The van der Waals surface area contributed by atoms with Crippen LogP contribution in [0.4, 0.5) is 5.69 Å². The number of hydrogen-bond acceptors (Lipinski definition) is 5. The Kier molecular flexibility index (Phi) is 6.46. The molecule has 0 aliphatic rings. The molecule has 28 heavy (non-hydrogen) atoms. The summed E-state index contributed by atoms with van der Waals surface area (Å²) in [4.78, 5) is 12.1. The topological polar surface area (TPSA) is 72.0 Å². The van der Waals surface area contributed by atoms with Gasteiger partial charge in [0.2, 0.25) is 0 Å². The Bertz CT molecular complexity index is 980. The number of fused-ring (bicyclic) bond motifs is 1. The zero-order valence-electron chi connectivity index (χ0n) is 15.9. The van der Waals surface area contributed by atoms with Crippen molar-refractivity contribution < 1.29 is 14.3 Å². The van der Waals surface area contributed by atoms with Crippen molar-refractivity contribution in [2.45, 2.75) is 6.92 Å². The summed E-state index contributed by atoms with van der Waals surface area (Å²) in [6.45, 7) is 2.56. The molecule has 0 unspecified atom stereocenters. The van der Waals surface area contributed by atoms with Gasteiger partial charge in [0, 0.05) is 11.1 Å². The highest BCUT2D eigenvalue weighted by Gasteiger charge is 2.05. The van der Waals surface area contributed by atoms with Gasteiger partial charge in [-0.15, -0.1) is 0 Å². The zero-order valence-corrected chi connectivity index (χ0v) is 15.9. The van der Waals surface area contributed by atoms with Crippen LogP contribution in [0.3, 0.4) is 0 Å². The van der Waals surface area contributed by atoms with E-state index in [1.54, 1.807) is 19.4 Å². The maximum atomic E-state index is 12.1. The number of anilines is 1. The maximum Gasteiger partial charge on any atom is 0.259 e. The fourth-order valence-corrected chi connectivity index (χ4v) is 2.82. The van der Waals surface area contributed by atoms with Crippen molar-refractivity contribution in [3.8, 4) is 11.5 Å². The molecule has 1 amide bonds. The molecule has 0 radical (unpaired) electrons. The molecule has 0 atom stereocenters. The molecule has 0 saturated carbocycles. The number of ether oxygens (including phenoxy) is 2. The third-order valence-corrected chi connectivity index (χ3v) is 4.12. The number of amides is 1. The fourth-order valence-electron chi connectivity index (χ4n) is 2.82. The lowest BCUT2D eigenvalue weighted by Gasteiger charge is -2.10. The van der Waals surface area contributed by atoms with Gasteiger partial charge in [-0.05, 0) is 42.1 Å². The van der Waals surface area contributed by atoms with Crippen molar-refractivity contribution in [3.05, 3.63) is 66.2 Å². The van der Waals surface area contributed by atoms with Gasteiger partial charge in [-0.1, -0.05) is 36.4 Å². The standard InChI is InChI=1S/C22H23N3O3/c1-3-28-21-13-16(11-12-20(21)27-2)14-24-25-22(26)15-23-19-10-6-8-17-7-4-5-9-18(17)19/h4-14,23H,3,15H2,1-2H3,(H,25,26). The SMILES string of the molecule is CCOc1cc(C=NNC(=O)CNc2cccc3ccccc23)ccc1OC. The minimum atomic E-state index is -0.234. The molecule has 0 spiro atoms. The predicted molar refractivity (Wildman–Crippen MR) is 112 cm³/mol. The van der Waals surface area contributed by atoms with Gasteiger partial charge < -0.3 is 14.8 Å². The van der Waals surface area contributed by atoms with E-state index >= 15 is 0 Å². The van der Waals surface area contributed by atoms with Crippen molar-refractivity contribution in [2.24, 2.45) is 5.10 Å². The van der Waals surface area contributed by atoms with Crippen LogP contribution in [0.1, 0.15) is 12.5 Å². The largest absolute Gasteiger partial charge is 0.493 e. The van der Waals surface area contributed by atoms with E-state index < -0.39 is 0 Å². The molecule has 0 bridgehead atoms. The first-order valence-electron chi connectivity index (χ1n) is 9.05. The average Bonchev–Trinajstić information content (AvgIpc) is 2.72. The van der Waals surface area contributed by atoms with E-state index in [2.05, 4.69) is 15.8 Å². The molecule has 144 valence electrons. The number of carbonyl (C=O) groups is 1. The fraction of sp³-hybridized carbons (Fsp3) is 0.182. The van der Waals surface area contributed by atoms with Gasteiger partial charge in [-0.3, -0.25) is 4.79 Å². The lowest BCUT2D eigenvalue weighted by Crippen LogP contribution is -2.25. The second kappa shape index (κ2) is 9.41. The molecule has 6 heteroatoms. The summed E-state index contributed by atoms with van der Waals surface area (Å²) in [6.07, 6.45) is 1.57. The van der Waals surface area contributed by atoms with Crippen molar-refractivity contribution in [2.75, 3.05) is 25.6 Å². The summed E-state index contributed by atoms with van der Waals surface area (Å²) in [6, 6.07) is 19.4. The molecule has 6 nitrogen and oxygen atoms in total. The van der Waals surface area contributed by atoms with Crippen LogP contribution in [0.5, 0.6) is 11.5 Å². The van der Waals surface area contributed by atoms with Crippen LogP contribution < -0.4 is 20.2 Å². The molecule has 0 aliphatic heterocycles. The quantitative estimate of drug-likeness (QED) is 0.463. The van der Waals surface area contributed by atoms with Crippen LogP contribution in [-0.2, 0) is 4.79 Å². The van der Waals surface area contributed by atoms with E-state index in [0.717, 1.165) is 22.0 Å². The van der Waals surface area contributed by atoms with Crippen LogP contribution in [0.25, 0.3) is 10.8 Å². The van der Waals surface area contributed by atoms with E-state index in [1.165, 1.54) is 0 Å². The molecular weight excluding hydrogens is 354 g/mol. The molecule has 2 N–H and O–H groups in total. The first kappa shape index (κ1) is 19.2. The average molecular weight is 377 g/mol. The Hall–Kier alpha value is -3.54. The number of hydrazone groups is 1. The summed E-state index contributed by atoms with van der Waals surface area (Å²) in [7, 11) is 1.59. The van der Waals surface area contributed by atoms with E-state index in [9.17, 15) is 4.79 Å². The Morgan fingerprint density at radius 2 is 1.89 bits per heavy atom. The molecule has 3 aromatic rings. The van der Waals surface area contributed by atoms with Gasteiger partial charge in [0.1, 0.15) is 0 Å². The zero-order chi connectivity index (χ0) is 19.8. The number of carbonyl (C=O) groups excluding carboxylic acids is 1. The monoisotopic (exact) mass is 377 g/mol. The third-order valence-electron chi connectivity index (χ3n) is 4.12. The highest BCUT2D eigenvalue weighted by Crippen LogP contribution is 2.27. The lowest BCUT2D eigenvalue weighted by molar-refractivity contribution is -0.119. The van der Waals surface area contributed by atoms with Gasteiger partial charge in [0.25, 0.3) is 5.91 Å². The van der Waals surface area contributed by atoms with Gasteiger partial charge in [0.05, 0.1) is 26.5 Å². The van der Waals surface area contributed by atoms with E-state index in [4.69, 9.17) is 9.47 Å². The minimum Gasteiger partial charge on any atom is -0.493 e. The highest BCUT2D eigenvalue weighted by molar-refractivity contribution is 5.95. The van der Waals surface area contributed by atoms with E-state index in [0.29, 0.717) is 18.1 Å². The van der Waals surface area contributed by atoms with Crippen molar-refractivity contribution in [1.29, 1.82) is 0 Å². The number of nitrogens with zero attached hydrogens (tertiary/aromatic N) is 1. The Labute approximate surface area is 164 Å². The van der Waals surface area contributed by atoms with Crippen LogP contribution in [0, 0.1) is 0 Å². The van der Waals surface area contributed by atoms with Gasteiger partial charge >= 0.3 is 0 Å². The molecule has 0 fully saturated rings.